The summed E-state index contributed by atoms with van der Waals surface area (Å²) in [5.41, 5.74) is 0. The van der Waals surface area contributed by atoms with Crippen LogP contribution in [0.2, 0.25) is 0 Å². The smallest absolute Gasteiger partial charge is 0.438 e. The zero-order valence-electron chi connectivity index (χ0n) is 8.47. The molecule has 1 unspecified atom stereocenters. The first-order valence-corrected chi connectivity index (χ1v) is 4.25. The second-order valence-corrected chi connectivity index (χ2v) is 2.45. The number of aliphatic hydroxyl groups excluding tert-OH is 1. The number of ether oxygens (including phenoxy) is 3. The van der Waals surface area contributed by atoms with Crippen LogP contribution in [0.4, 0.5) is 4.79 Å². The average molecular weight is 218 g/mol. The van der Waals surface area contributed by atoms with Gasteiger partial charge in [-0.2, -0.15) is 0 Å². The number of carbonyl (C=O) groups excluding carboxylic acids is 2. The van der Waals surface area contributed by atoms with Crippen molar-refractivity contribution in [1.29, 1.82) is 0 Å². The molecule has 1 N–H and O–H groups in total. The molecule has 0 saturated heterocycles. The van der Waals surface area contributed by atoms with E-state index in [1.54, 1.807) is 0 Å². The summed E-state index contributed by atoms with van der Waals surface area (Å²) in [5, 5.41) is 8.76. The van der Waals surface area contributed by atoms with Crippen LogP contribution in [0.3, 0.4) is 0 Å². The normalized spacial score (nSPS) is 11.6. The van der Waals surface area contributed by atoms with Crippen molar-refractivity contribution in [2.45, 2.75) is 6.10 Å². The van der Waals surface area contributed by atoms with Gasteiger partial charge in [-0.3, -0.25) is 4.79 Å². The van der Waals surface area contributed by atoms with E-state index in [2.05, 4.69) is 16.1 Å². The summed E-state index contributed by atoms with van der Waals surface area (Å²) in [5.74, 6) is -0.421. The van der Waals surface area contributed by atoms with E-state index >= 15 is 0 Å². The molecule has 6 nitrogen and oxygen atoms in total. The molecule has 0 amide bonds. The second-order valence-electron chi connectivity index (χ2n) is 2.45. The lowest BCUT2D eigenvalue weighted by molar-refractivity contribution is -0.128. The molecule has 0 bridgehead atoms. The molecule has 86 valence electrons. The highest BCUT2D eigenvalue weighted by molar-refractivity contribution is 5.93. The minimum Gasteiger partial charge on any atom is -0.438 e. The molecule has 0 aromatic carbocycles. The molecule has 0 aromatic rings. The van der Waals surface area contributed by atoms with Crippen LogP contribution in [0.15, 0.2) is 12.7 Å². The SMILES string of the molecule is C=CC(=O)C(CO)OCCOC(=O)OC. The maximum Gasteiger partial charge on any atom is 0.508 e. The van der Waals surface area contributed by atoms with Gasteiger partial charge in [-0.15, -0.1) is 0 Å². The van der Waals surface area contributed by atoms with E-state index in [0.29, 0.717) is 0 Å². The van der Waals surface area contributed by atoms with Crippen molar-refractivity contribution in [1.82, 2.24) is 0 Å². The first-order valence-electron chi connectivity index (χ1n) is 4.25. The van der Waals surface area contributed by atoms with Gasteiger partial charge in [0.15, 0.2) is 5.78 Å². The molecule has 6 heteroatoms. The van der Waals surface area contributed by atoms with Gasteiger partial charge in [0.1, 0.15) is 12.7 Å². The van der Waals surface area contributed by atoms with Gasteiger partial charge in [0.05, 0.1) is 20.3 Å². The maximum absolute atomic E-state index is 11.0. The van der Waals surface area contributed by atoms with Crippen LogP contribution in [0, 0.1) is 0 Å². The third-order valence-corrected chi connectivity index (χ3v) is 1.47. The summed E-state index contributed by atoms with van der Waals surface area (Å²) in [6.45, 7) is 2.76. The number of rotatable bonds is 7. The van der Waals surface area contributed by atoms with Gasteiger partial charge in [-0.25, -0.2) is 4.79 Å². The van der Waals surface area contributed by atoms with E-state index in [0.717, 1.165) is 6.08 Å². The molecule has 15 heavy (non-hydrogen) atoms. The van der Waals surface area contributed by atoms with Gasteiger partial charge in [-0.1, -0.05) is 6.58 Å². The molecule has 0 spiro atoms. The Morgan fingerprint density at radius 1 is 1.47 bits per heavy atom. The highest BCUT2D eigenvalue weighted by atomic mass is 16.7. The van der Waals surface area contributed by atoms with E-state index in [-0.39, 0.29) is 13.2 Å². The largest absolute Gasteiger partial charge is 0.508 e. The van der Waals surface area contributed by atoms with Crippen molar-refractivity contribution >= 4 is 11.9 Å². The maximum atomic E-state index is 11.0. The molecule has 0 fully saturated rings. The van der Waals surface area contributed by atoms with Crippen LogP contribution in [-0.2, 0) is 19.0 Å². The lowest BCUT2D eigenvalue weighted by Gasteiger charge is -2.11. The van der Waals surface area contributed by atoms with Gasteiger partial charge in [-0.05, 0) is 6.08 Å². The van der Waals surface area contributed by atoms with E-state index in [1.807, 2.05) is 0 Å². The third kappa shape index (κ3) is 5.82. The Bertz CT molecular complexity index is 225. The number of hydrogen-bond donors (Lipinski definition) is 1. The molecule has 0 saturated carbocycles. The summed E-state index contributed by atoms with van der Waals surface area (Å²) in [4.78, 5) is 21.5. The highest BCUT2D eigenvalue weighted by Crippen LogP contribution is 1.94. The summed E-state index contributed by atoms with van der Waals surface area (Å²) in [6.07, 6.45) is -0.722. The van der Waals surface area contributed by atoms with Gasteiger partial charge in [0.25, 0.3) is 0 Å². The number of methoxy groups -OCH3 is 1. The Hall–Kier alpha value is -1.40. The average Bonchev–Trinajstić information content (AvgIpc) is 2.27. The summed E-state index contributed by atoms with van der Waals surface area (Å²) < 4.78 is 13.6. The van der Waals surface area contributed by atoms with E-state index in [9.17, 15) is 9.59 Å². The fraction of sp³-hybridized carbons (Fsp3) is 0.556. The Kier molecular flexibility index (Phi) is 7.21. The zero-order chi connectivity index (χ0) is 11.7. The molecule has 0 heterocycles. The fourth-order valence-corrected chi connectivity index (χ4v) is 0.731. The van der Waals surface area contributed by atoms with Crippen LogP contribution in [0.1, 0.15) is 0 Å². The number of carbonyl (C=O) groups is 2. The van der Waals surface area contributed by atoms with E-state index in [4.69, 9.17) is 9.84 Å². The van der Waals surface area contributed by atoms with Crippen molar-refractivity contribution in [2.24, 2.45) is 0 Å². The Labute approximate surface area is 87.4 Å². The van der Waals surface area contributed by atoms with Crippen LogP contribution in [0.25, 0.3) is 0 Å². The minimum atomic E-state index is -0.955. The predicted octanol–water partition coefficient (Wildman–Crippen LogP) is -0.0980. The van der Waals surface area contributed by atoms with Gasteiger partial charge < -0.3 is 19.3 Å². The first kappa shape index (κ1) is 13.6. The number of ketones is 1. The summed E-state index contributed by atoms with van der Waals surface area (Å²) in [7, 11) is 1.18. The Morgan fingerprint density at radius 3 is 2.60 bits per heavy atom. The molecular weight excluding hydrogens is 204 g/mol. The summed E-state index contributed by atoms with van der Waals surface area (Å²) in [6, 6.07) is 0. The van der Waals surface area contributed by atoms with Gasteiger partial charge in [0.2, 0.25) is 0 Å². The fourth-order valence-electron chi connectivity index (χ4n) is 0.731. The van der Waals surface area contributed by atoms with Crippen molar-refractivity contribution in [3.05, 3.63) is 12.7 Å². The van der Waals surface area contributed by atoms with Crippen molar-refractivity contribution in [3.8, 4) is 0 Å². The third-order valence-electron chi connectivity index (χ3n) is 1.47. The highest BCUT2D eigenvalue weighted by Gasteiger charge is 2.14. The molecule has 0 aromatic heterocycles. The molecule has 1 atom stereocenters. The number of hydrogen-bond acceptors (Lipinski definition) is 6. The molecule has 0 aliphatic carbocycles. The van der Waals surface area contributed by atoms with Crippen molar-refractivity contribution in [3.63, 3.8) is 0 Å². The lowest BCUT2D eigenvalue weighted by atomic mass is 10.2. The molecule has 0 aliphatic rings. The molecule has 0 aliphatic heterocycles. The monoisotopic (exact) mass is 218 g/mol. The quantitative estimate of drug-likeness (QED) is 0.365. The van der Waals surface area contributed by atoms with Crippen molar-refractivity contribution < 1.29 is 28.9 Å². The van der Waals surface area contributed by atoms with E-state index in [1.165, 1.54) is 7.11 Å². The second kappa shape index (κ2) is 7.95. The predicted molar refractivity (Wildman–Crippen MR) is 50.4 cm³/mol. The van der Waals surface area contributed by atoms with Gasteiger partial charge in [0, 0.05) is 0 Å². The number of aliphatic hydroxyl groups is 1. The van der Waals surface area contributed by atoms with Gasteiger partial charge >= 0.3 is 6.16 Å². The molecule has 0 rings (SSSR count). The topological polar surface area (TPSA) is 82.1 Å². The zero-order valence-corrected chi connectivity index (χ0v) is 8.47. The molecule has 0 radical (unpaired) electrons. The standard InChI is InChI=1S/C9H14O6/c1-3-7(11)8(6-10)14-4-5-15-9(12)13-2/h3,8,10H,1,4-6H2,2H3. The van der Waals surface area contributed by atoms with Crippen LogP contribution < -0.4 is 0 Å². The van der Waals surface area contributed by atoms with Crippen LogP contribution in [0.5, 0.6) is 0 Å². The van der Waals surface area contributed by atoms with E-state index < -0.39 is 24.6 Å². The summed E-state index contributed by atoms with van der Waals surface area (Å²) >= 11 is 0. The van der Waals surface area contributed by atoms with Crippen LogP contribution >= 0.6 is 0 Å². The Balaban J connectivity index is 3.68. The lowest BCUT2D eigenvalue weighted by Crippen LogP contribution is -2.28. The minimum absolute atomic E-state index is 0.0000926. The first-order chi connectivity index (χ1) is 7.15. The van der Waals surface area contributed by atoms with Crippen molar-refractivity contribution in [2.75, 3.05) is 26.9 Å². The molecular formula is C9H14O6. The van der Waals surface area contributed by atoms with Crippen LogP contribution in [-0.4, -0.2) is 50.1 Å². The Morgan fingerprint density at radius 2 is 2.13 bits per heavy atom.